The molecule has 0 fully saturated rings. The van der Waals surface area contributed by atoms with Gasteiger partial charge in [0.25, 0.3) is 0 Å². The van der Waals surface area contributed by atoms with Crippen molar-refractivity contribution in [2.45, 2.75) is 13.5 Å². The van der Waals surface area contributed by atoms with Crippen LogP contribution < -0.4 is 10.2 Å². The van der Waals surface area contributed by atoms with Crippen molar-refractivity contribution in [1.82, 2.24) is 15.0 Å². The third kappa shape index (κ3) is 4.18. The number of hydrogen-bond acceptors (Lipinski definition) is 6. The number of para-hydroxylation sites is 1. The molecule has 28 heavy (non-hydrogen) atoms. The molecule has 0 saturated carbocycles. The Hall–Kier alpha value is -3.25. The molecule has 2 aromatic heterocycles. The van der Waals surface area contributed by atoms with Gasteiger partial charge < -0.3 is 10.2 Å². The van der Waals surface area contributed by atoms with Crippen LogP contribution in [0.2, 0.25) is 0 Å². The number of hydrogen-bond donors (Lipinski definition) is 1. The van der Waals surface area contributed by atoms with E-state index in [0.29, 0.717) is 5.95 Å². The van der Waals surface area contributed by atoms with Crippen LogP contribution in [-0.4, -0.2) is 22.0 Å². The Balaban J connectivity index is 1.55. The number of benzene rings is 2. The molecule has 2 aromatic carbocycles. The average molecular weight is 388 g/mol. The van der Waals surface area contributed by atoms with Crippen molar-refractivity contribution < 1.29 is 0 Å². The molecule has 0 saturated heterocycles. The summed E-state index contributed by atoms with van der Waals surface area (Å²) in [5.74, 6) is 0.579. The molecule has 0 unspecified atom stereocenters. The Labute approximate surface area is 168 Å². The second kappa shape index (κ2) is 8.19. The highest BCUT2D eigenvalue weighted by Crippen LogP contribution is 2.34. The lowest BCUT2D eigenvalue weighted by Gasteiger charge is -2.15. The van der Waals surface area contributed by atoms with Crippen LogP contribution in [0, 0.1) is 6.92 Å². The van der Waals surface area contributed by atoms with Crippen LogP contribution in [0.15, 0.2) is 72.9 Å². The number of thiazole rings is 1. The maximum Gasteiger partial charge on any atom is 0.227 e. The highest BCUT2D eigenvalue weighted by atomic mass is 32.1. The smallest absolute Gasteiger partial charge is 0.227 e. The molecule has 5 nitrogen and oxygen atoms in total. The van der Waals surface area contributed by atoms with Crippen molar-refractivity contribution in [3.63, 3.8) is 0 Å². The molecular weight excluding hydrogens is 366 g/mol. The number of nitrogens with one attached hydrogen (secondary N) is 1. The summed E-state index contributed by atoms with van der Waals surface area (Å²) in [5.41, 5.74) is 4.08. The Kier molecular flexibility index (Phi) is 5.30. The summed E-state index contributed by atoms with van der Waals surface area (Å²) in [6.07, 6.45) is 1.78. The normalized spacial score (nSPS) is 10.6. The molecule has 0 amide bonds. The van der Waals surface area contributed by atoms with Crippen molar-refractivity contribution in [3.05, 3.63) is 84.2 Å². The minimum absolute atomic E-state index is 0.579. The van der Waals surface area contributed by atoms with Gasteiger partial charge in [0.15, 0.2) is 5.13 Å². The maximum atomic E-state index is 4.76. The fourth-order valence-corrected chi connectivity index (χ4v) is 3.90. The molecule has 140 valence electrons. The van der Waals surface area contributed by atoms with E-state index in [2.05, 4.69) is 51.5 Å². The van der Waals surface area contributed by atoms with E-state index in [4.69, 9.17) is 4.98 Å². The van der Waals surface area contributed by atoms with Crippen molar-refractivity contribution >= 4 is 28.1 Å². The lowest BCUT2D eigenvalue weighted by Crippen LogP contribution is -2.15. The van der Waals surface area contributed by atoms with Crippen molar-refractivity contribution in [2.24, 2.45) is 0 Å². The van der Waals surface area contributed by atoms with Crippen LogP contribution in [0.25, 0.3) is 10.6 Å². The predicted octanol–water partition coefficient (Wildman–Crippen LogP) is 5.29. The molecule has 0 aliphatic heterocycles. The fourth-order valence-electron chi connectivity index (χ4n) is 2.90. The molecule has 0 aliphatic carbocycles. The summed E-state index contributed by atoms with van der Waals surface area (Å²) in [4.78, 5) is 17.0. The quantitative estimate of drug-likeness (QED) is 0.487. The SMILES string of the molecule is Cc1nc(N(C)Cc2ccccc2)sc1-c1ccnc(Nc2ccccc2)n1. The van der Waals surface area contributed by atoms with Crippen LogP contribution in [0.5, 0.6) is 0 Å². The lowest BCUT2D eigenvalue weighted by molar-refractivity contribution is 0.911. The largest absolute Gasteiger partial charge is 0.347 e. The minimum atomic E-state index is 0.579. The first-order valence-corrected chi connectivity index (χ1v) is 9.88. The molecule has 2 heterocycles. The number of anilines is 3. The second-order valence-corrected chi connectivity index (χ2v) is 7.49. The maximum absolute atomic E-state index is 4.76. The molecule has 6 heteroatoms. The Morgan fingerprint density at radius 3 is 2.39 bits per heavy atom. The van der Waals surface area contributed by atoms with Crippen LogP contribution in [0.4, 0.5) is 16.8 Å². The van der Waals surface area contributed by atoms with Gasteiger partial charge in [-0.15, -0.1) is 0 Å². The molecule has 1 N–H and O–H groups in total. The summed E-state index contributed by atoms with van der Waals surface area (Å²) >= 11 is 1.65. The Morgan fingerprint density at radius 2 is 1.64 bits per heavy atom. The van der Waals surface area contributed by atoms with Gasteiger partial charge in [-0.05, 0) is 30.7 Å². The first-order chi connectivity index (χ1) is 13.7. The third-order valence-corrected chi connectivity index (χ3v) is 5.59. The summed E-state index contributed by atoms with van der Waals surface area (Å²) in [6.45, 7) is 2.84. The van der Waals surface area contributed by atoms with Gasteiger partial charge in [0.2, 0.25) is 5.95 Å². The minimum Gasteiger partial charge on any atom is -0.347 e. The van der Waals surface area contributed by atoms with Crippen molar-refractivity contribution in [1.29, 1.82) is 0 Å². The van der Waals surface area contributed by atoms with E-state index in [-0.39, 0.29) is 0 Å². The number of aromatic nitrogens is 3. The van der Waals surface area contributed by atoms with Gasteiger partial charge in [-0.2, -0.15) is 0 Å². The van der Waals surface area contributed by atoms with Gasteiger partial charge in [0.1, 0.15) is 0 Å². The molecular formula is C22H21N5S. The van der Waals surface area contributed by atoms with E-state index >= 15 is 0 Å². The third-order valence-electron chi connectivity index (χ3n) is 4.29. The van der Waals surface area contributed by atoms with E-state index < -0.39 is 0 Å². The molecule has 0 aliphatic rings. The number of aryl methyl sites for hydroxylation is 1. The molecule has 0 radical (unpaired) electrons. The van der Waals surface area contributed by atoms with E-state index in [0.717, 1.165) is 33.6 Å². The Morgan fingerprint density at radius 1 is 0.929 bits per heavy atom. The van der Waals surface area contributed by atoms with E-state index in [1.54, 1.807) is 17.5 Å². The molecule has 4 rings (SSSR count). The van der Waals surface area contributed by atoms with Gasteiger partial charge in [-0.3, -0.25) is 0 Å². The lowest BCUT2D eigenvalue weighted by atomic mass is 10.2. The standard InChI is InChI=1S/C22H21N5S/c1-16-20(28-22(24-16)27(2)15-17-9-5-3-6-10-17)19-13-14-23-21(26-19)25-18-11-7-4-8-12-18/h3-14H,15H2,1-2H3,(H,23,25,26). The average Bonchev–Trinajstić information content (AvgIpc) is 3.12. The Bertz CT molecular complexity index is 1050. The molecule has 4 aromatic rings. The monoisotopic (exact) mass is 387 g/mol. The zero-order valence-corrected chi connectivity index (χ0v) is 16.6. The second-order valence-electron chi connectivity index (χ2n) is 6.51. The van der Waals surface area contributed by atoms with Gasteiger partial charge in [0.05, 0.1) is 16.3 Å². The summed E-state index contributed by atoms with van der Waals surface area (Å²) in [7, 11) is 2.07. The molecule has 0 spiro atoms. The summed E-state index contributed by atoms with van der Waals surface area (Å²) < 4.78 is 0. The van der Waals surface area contributed by atoms with E-state index in [9.17, 15) is 0 Å². The number of nitrogens with zero attached hydrogens (tertiary/aromatic N) is 4. The van der Waals surface area contributed by atoms with Crippen LogP contribution in [0.1, 0.15) is 11.3 Å². The van der Waals surface area contributed by atoms with Crippen molar-refractivity contribution in [3.8, 4) is 10.6 Å². The first-order valence-electron chi connectivity index (χ1n) is 9.07. The van der Waals surface area contributed by atoms with Crippen LogP contribution >= 0.6 is 11.3 Å². The fraction of sp³-hybridized carbons (Fsp3) is 0.136. The van der Waals surface area contributed by atoms with Crippen LogP contribution in [-0.2, 0) is 6.54 Å². The van der Waals surface area contributed by atoms with E-state index in [1.807, 2.05) is 49.4 Å². The summed E-state index contributed by atoms with van der Waals surface area (Å²) in [5, 5.41) is 4.23. The highest BCUT2D eigenvalue weighted by Gasteiger charge is 2.15. The van der Waals surface area contributed by atoms with Gasteiger partial charge >= 0.3 is 0 Å². The molecule has 0 atom stereocenters. The topological polar surface area (TPSA) is 53.9 Å². The molecule has 0 bridgehead atoms. The zero-order valence-electron chi connectivity index (χ0n) is 15.8. The van der Waals surface area contributed by atoms with E-state index in [1.165, 1.54) is 5.56 Å². The van der Waals surface area contributed by atoms with Gasteiger partial charge in [0, 0.05) is 25.5 Å². The highest BCUT2D eigenvalue weighted by molar-refractivity contribution is 7.19. The van der Waals surface area contributed by atoms with Gasteiger partial charge in [-0.25, -0.2) is 15.0 Å². The predicted molar refractivity (Wildman–Crippen MR) is 116 cm³/mol. The van der Waals surface area contributed by atoms with Crippen LogP contribution in [0.3, 0.4) is 0 Å². The summed E-state index contributed by atoms with van der Waals surface area (Å²) in [6, 6.07) is 22.3. The van der Waals surface area contributed by atoms with Crippen molar-refractivity contribution in [2.75, 3.05) is 17.3 Å². The zero-order chi connectivity index (χ0) is 19.3. The van der Waals surface area contributed by atoms with Gasteiger partial charge in [-0.1, -0.05) is 59.9 Å². The first kappa shape index (κ1) is 18.1. The number of rotatable bonds is 6.